The zero-order chi connectivity index (χ0) is 18.8. The van der Waals surface area contributed by atoms with Crippen LogP contribution in [0.2, 0.25) is 0 Å². The van der Waals surface area contributed by atoms with Gasteiger partial charge in [-0.25, -0.2) is 9.59 Å². The lowest BCUT2D eigenvalue weighted by atomic mass is 10.0. The fourth-order valence-electron chi connectivity index (χ4n) is 3.17. The number of benzene rings is 3. The molecule has 134 valence electrons. The number of ether oxygens (including phenoxy) is 2. The van der Waals surface area contributed by atoms with Crippen molar-refractivity contribution in [3.63, 3.8) is 0 Å². The van der Waals surface area contributed by atoms with Crippen LogP contribution in [0.5, 0.6) is 5.75 Å². The molecule has 0 amide bonds. The van der Waals surface area contributed by atoms with Gasteiger partial charge in [-0.2, -0.15) is 0 Å². The van der Waals surface area contributed by atoms with E-state index in [-0.39, 0.29) is 6.61 Å². The van der Waals surface area contributed by atoms with Crippen LogP contribution in [0.15, 0.2) is 75.9 Å². The third kappa shape index (κ3) is 3.15. The Morgan fingerprint density at radius 1 is 1.00 bits per heavy atom. The molecule has 0 radical (unpaired) electrons. The van der Waals surface area contributed by atoms with Gasteiger partial charge in [-0.05, 0) is 29.0 Å². The molecule has 0 aliphatic rings. The Kier molecular flexibility index (Phi) is 4.34. The molecule has 0 saturated heterocycles. The molecule has 0 bridgehead atoms. The van der Waals surface area contributed by atoms with Crippen molar-refractivity contribution in [3.05, 3.63) is 88.3 Å². The Hall–Kier alpha value is -3.60. The largest absolute Gasteiger partial charge is 0.496 e. The Morgan fingerprint density at radius 3 is 2.63 bits per heavy atom. The highest BCUT2D eigenvalue weighted by molar-refractivity contribution is 6.07. The molecule has 0 fully saturated rings. The highest BCUT2D eigenvalue weighted by atomic mass is 16.5. The van der Waals surface area contributed by atoms with Crippen molar-refractivity contribution in [2.45, 2.75) is 6.61 Å². The van der Waals surface area contributed by atoms with Crippen molar-refractivity contribution < 1.29 is 18.7 Å². The zero-order valence-corrected chi connectivity index (χ0v) is 14.6. The fraction of sp³-hybridized carbons (Fsp3) is 0.0909. The van der Waals surface area contributed by atoms with Gasteiger partial charge in [0.2, 0.25) is 0 Å². The summed E-state index contributed by atoms with van der Waals surface area (Å²) in [4.78, 5) is 24.4. The van der Waals surface area contributed by atoms with Crippen LogP contribution in [0, 0.1) is 0 Å². The van der Waals surface area contributed by atoms with Crippen molar-refractivity contribution in [3.8, 4) is 5.75 Å². The molecular weight excluding hydrogens is 344 g/mol. The van der Waals surface area contributed by atoms with Crippen LogP contribution in [-0.2, 0) is 11.3 Å². The van der Waals surface area contributed by atoms with E-state index >= 15 is 0 Å². The van der Waals surface area contributed by atoms with Crippen LogP contribution in [0.25, 0.3) is 21.7 Å². The van der Waals surface area contributed by atoms with Gasteiger partial charge in [-0.1, -0.05) is 42.5 Å². The monoisotopic (exact) mass is 360 g/mol. The van der Waals surface area contributed by atoms with Gasteiger partial charge in [0.1, 0.15) is 23.5 Å². The van der Waals surface area contributed by atoms with E-state index in [0.29, 0.717) is 22.5 Å². The van der Waals surface area contributed by atoms with E-state index in [1.807, 2.05) is 30.3 Å². The maximum absolute atomic E-state index is 12.5. The maximum atomic E-state index is 12.5. The van der Waals surface area contributed by atoms with Gasteiger partial charge in [0.05, 0.1) is 7.11 Å². The summed E-state index contributed by atoms with van der Waals surface area (Å²) in [6.45, 7) is -0.0486. The second kappa shape index (κ2) is 6.96. The minimum Gasteiger partial charge on any atom is -0.496 e. The molecule has 0 saturated carbocycles. The number of hydrogen-bond donors (Lipinski definition) is 0. The molecule has 1 heterocycles. The van der Waals surface area contributed by atoms with Crippen molar-refractivity contribution in [2.24, 2.45) is 0 Å². The van der Waals surface area contributed by atoms with Crippen LogP contribution in [-0.4, -0.2) is 13.1 Å². The van der Waals surface area contributed by atoms with Crippen LogP contribution >= 0.6 is 0 Å². The van der Waals surface area contributed by atoms with Gasteiger partial charge in [-0.15, -0.1) is 0 Å². The van der Waals surface area contributed by atoms with Gasteiger partial charge in [0.15, 0.2) is 0 Å². The molecule has 0 unspecified atom stereocenters. The lowest BCUT2D eigenvalue weighted by Crippen LogP contribution is -2.09. The van der Waals surface area contributed by atoms with Gasteiger partial charge in [0, 0.05) is 17.0 Å². The van der Waals surface area contributed by atoms with Gasteiger partial charge < -0.3 is 13.9 Å². The molecule has 3 aromatic carbocycles. The first-order valence-corrected chi connectivity index (χ1v) is 8.42. The quantitative estimate of drug-likeness (QED) is 0.308. The van der Waals surface area contributed by atoms with Crippen molar-refractivity contribution in [1.29, 1.82) is 0 Å². The number of fused-ring (bicyclic) bond motifs is 3. The van der Waals surface area contributed by atoms with Gasteiger partial charge in [-0.3, -0.25) is 0 Å². The number of rotatable bonds is 4. The molecule has 4 aromatic rings. The highest BCUT2D eigenvalue weighted by Gasteiger charge is 2.15. The summed E-state index contributed by atoms with van der Waals surface area (Å²) in [6, 6.07) is 19.6. The molecule has 0 aliphatic heterocycles. The molecule has 0 spiro atoms. The molecule has 1 aromatic heterocycles. The van der Waals surface area contributed by atoms with Crippen molar-refractivity contribution in [1.82, 2.24) is 0 Å². The molecule has 0 atom stereocenters. The first kappa shape index (κ1) is 16.8. The maximum Gasteiger partial charge on any atom is 0.342 e. The number of hydrogen-bond acceptors (Lipinski definition) is 5. The second-order valence-electron chi connectivity index (χ2n) is 6.03. The van der Waals surface area contributed by atoms with Crippen molar-refractivity contribution in [2.75, 3.05) is 7.11 Å². The third-order valence-electron chi connectivity index (χ3n) is 4.40. The average Bonchev–Trinajstić information content (AvgIpc) is 2.71. The Bertz CT molecular complexity index is 1210. The summed E-state index contributed by atoms with van der Waals surface area (Å²) in [6.07, 6.45) is 0. The predicted molar refractivity (Wildman–Crippen MR) is 102 cm³/mol. The van der Waals surface area contributed by atoms with Crippen LogP contribution in [0.3, 0.4) is 0 Å². The first-order valence-electron chi connectivity index (χ1n) is 8.42. The average molecular weight is 360 g/mol. The Labute approximate surface area is 154 Å². The minimum absolute atomic E-state index is 0.0486. The Morgan fingerprint density at radius 2 is 1.78 bits per heavy atom. The van der Waals surface area contributed by atoms with Crippen molar-refractivity contribution >= 4 is 27.7 Å². The molecular formula is C22H16O5. The van der Waals surface area contributed by atoms with Gasteiger partial charge in [0.25, 0.3) is 0 Å². The third-order valence-corrected chi connectivity index (χ3v) is 4.40. The standard InChI is InChI=1S/C22H16O5/c1-25-18-9-5-4-8-17(18)22(24)26-13-15-12-20(23)27-19-11-10-14-6-2-3-7-16(14)21(15)19/h2-12H,13H2,1H3. The summed E-state index contributed by atoms with van der Waals surface area (Å²) in [5, 5.41) is 2.71. The predicted octanol–water partition coefficient (Wildman–Crippen LogP) is 4.31. The first-order chi connectivity index (χ1) is 13.2. The Balaban J connectivity index is 1.74. The minimum atomic E-state index is -0.519. The molecule has 5 heteroatoms. The van der Waals surface area contributed by atoms with E-state index in [9.17, 15) is 9.59 Å². The second-order valence-corrected chi connectivity index (χ2v) is 6.03. The van der Waals surface area contributed by atoms with E-state index in [1.165, 1.54) is 13.2 Å². The number of carbonyl (C=O) groups is 1. The van der Waals surface area contributed by atoms with E-state index < -0.39 is 11.6 Å². The molecule has 4 rings (SSSR count). The number of para-hydroxylation sites is 1. The molecule has 27 heavy (non-hydrogen) atoms. The SMILES string of the molecule is COc1ccccc1C(=O)OCc1cc(=O)oc2ccc3ccccc3c12. The van der Waals surface area contributed by atoms with Crippen LogP contribution < -0.4 is 10.4 Å². The van der Waals surface area contributed by atoms with E-state index in [4.69, 9.17) is 13.9 Å². The number of methoxy groups -OCH3 is 1. The summed E-state index contributed by atoms with van der Waals surface area (Å²) in [7, 11) is 1.49. The molecule has 0 N–H and O–H groups in total. The van der Waals surface area contributed by atoms with Crippen LogP contribution in [0.4, 0.5) is 0 Å². The topological polar surface area (TPSA) is 65.7 Å². The summed E-state index contributed by atoms with van der Waals surface area (Å²) >= 11 is 0. The van der Waals surface area contributed by atoms with E-state index in [2.05, 4.69) is 0 Å². The van der Waals surface area contributed by atoms with E-state index in [0.717, 1.165) is 16.2 Å². The fourth-order valence-corrected chi connectivity index (χ4v) is 3.17. The summed E-state index contributed by atoms with van der Waals surface area (Å²) in [5.41, 5.74) is 0.907. The number of esters is 1. The number of carbonyl (C=O) groups excluding carboxylic acids is 1. The smallest absolute Gasteiger partial charge is 0.342 e. The summed E-state index contributed by atoms with van der Waals surface area (Å²) in [5.74, 6) is -0.0838. The normalized spacial score (nSPS) is 10.9. The van der Waals surface area contributed by atoms with E-state index in [1.54, 1.807) is 30.3 Å². The molecule has 0 aliphatic carbocycles. The molecule has 5 nitrogen and oxygen atoms in total. The van der Waals surface area contributed by atoms with Crippen LogP contribution in [0.1, 0.15) is 15.9 Å². The lowest BCUT2D eigenvalue weighted by molar-refractivity contribution is 0.0470. The highest BCUT2D eigenvalue weighted by Crippen LogP contribution is 2.28. The lowest BCUT2D eigenvalue weighted by Gasteiger charge is -2.11. The summed E-state index contributed by atoms with van der Waals surface area (Å²) < 4.78 is 16.0. The zero-order valence-electron chi connectivity index (χ0n) is 14.6. The van der Waals surface area contributed by atoms with Gasteiger partial charge >= 0.3 is 11.6 Å².